The standard InChI is InChI=1S/C17H18/c1-5-13-10-15-8-7-9-16(12(3)4)17(15)11-14(13)6-2/h5-12H,1-2H2,3-4H3. The van der Waals surface area contributed by atoms with E-state index in [9.17, 15) is 0 Å². The molecule has 2 rings (SSSR count). The number of hydrogen-bond donors (Lipinski definition) is 0. The Balaban J connectivity index is 2.82. The van der Waals surface area contributed by atoms with Gasteiger partial charge in [0.05, 0.1) is 0 Å². The zero-order chi connectivity index (χ0) is 12.4. The van der Waals surface area contributed by atoms with E-state index in [1.165, 1.54) is 16.3 Å². The minimum Gasteiger partial charge on any atom is -0.0984 e. The topological polar surface area (TPSA) is 0 Å². The fourth-order valence-corrected chi connectivity index (χ4v) is 2.24. The van der Waals surface area contributed by atoms with Crippen molar-refractivity contribution >= 4 is 22.9 Å². The summed E-state index contributed by atoms with van der Waals surface area (Å²) in [7, 11) is 0. The average Bonchev–Trinajstić information content (AvgIpc) is 2.35. The van der Waals surface area contributed by atoms with Crippen LogP contribution in [0.1, 0.15) is 36.5 Å². The Labute approximate surface area is 103 Å². The summed E-state index contributed by atoms with van der Waals surface area (Å²) in [5, 5.41) is 2.60. The van der Waals surface area contributed by atoms with Crippen LogP contribution in [0.2, 0.25) is 0 Å². The summed E-state index contributed by atoms with van der Waals surface area (Å²) in [6.07, 6.45) is 3.78. The zero-order valence-corrected chi connectivity index (χ0v) is 10.5. The molecular weight excluding hydrogens is 204 g/mol. The molecular formula is C17H18. The van der Waals surface area contributed by atoms with Crippen molar-refractivity contribution in [2.24, 2.45) is 0 Å². The maximum Gasteiger partial charge on any atom is -0.0143 e. The van der Waals surface area contributed by atoms with Gasteiger partial charge in [0.25, 0.3) is 0 Å². The lowest BCUT2D eigenvalue weighted by Crippen LogP contribution is -1.91. The van der Waals surface area contributed by atoms with Crippen molar-refractivity contribution < 1.29 is 0 Å². The monoisotopic (exact) mass is 222 g/mol. The van der Waals surface area contributed by atoms with Crippen LogP contribution in [0.3, 0.4) is 0 Å². The van der Waals surface area contributed by atoms with Gasteiger partial charge >= 0.3 is 0 Å². The fourth-order valence-electron chi connectivity index (χ4n) is 2.24. The Hall–Kier alpha value is -1.82. The van der Waals surface area contributed by atoms with E-state index in [1.807, 2.05) is 12.2 Å². The molecule has 0 heterocycles. The lowest BCUT2D eigenvalue weighted by Gasteiger charge is -2.12. The van der Waals surface area contributed by atoms with E-state index >= 15 is 0 Å². The fraction of sp³-hybridized carbons (Fsp3) is 0.176. The van der Waals surface area contributed by atoms with E-state index in [2.05, 4.69) is 57.3 Å². The van der Waals surface area contributed by atoms with Crippen LogP contribution in [-0.4, -0.2) is 0 Å². The third kappa shape index (κ3) is 2.03. The molecule has 0 nitrogen and oxygen atoms in total. The average molecular weight is 222 g/mol. The van der Waals surface area contributed by atoms with Gasteiger partial charge in [-0.25, -0.2) is 0 Å². The van der Waals surface area contributed by atoms with E-state index in [-0.39, 0.29) is 0 Å². The summed E-state index contributed by atoms with van der Waals surface area (Å²) < 4.78 is 0. The smallest absolute Gasteiger partial charge is 0.0143 e. The highest BCUT2D eigenvalue weighted by Crippen LogP contribution is 2.28. The van der Waals surface area contributed by atoms with Crippen LogP contribution < -0.4 is 0 Å². The van der Waals surface area contributed by atoms with Gasteiger partial charge in [-0.05, 0) is 45.5 Å². The van der Waals surface area contributed by atoms with Crippen LogP contribution in [0, 0.1) is 0 Å². The van der Waals surface area contributed by atoms with Crippen molar-refractivity contribution in [2.75, 3.05) is 0 Å². The molecule has 0 radical (unpaired) electrons. The first kappa shape index (κ1) is 11.7. The van der Waals surface area contributed by atoms with Gasteiger partial charge in [-0.1, -0.05) is 57.4 Å². The van der Waals surface area contributed by atoms with Gasteiger partial charge in [0.15, 0.2) is 0 Å². The Bertz CT molecular complexity index is 574. The van der Waals surface area contributed by atoms with Crippen molar-refractivity contribution in [3.05, 3.63) is 60.2 Å². The van der Waals surface area contributed by atoms with Gasteiger partial charge in [-0.3, -0.25) is 0 Å². The van der Waals surface area contributed by atoms with Crippen LogP contribution in [0.25, 0.3) is 22.9 Å². The largest absolute Gasteiger partial charge is 0.0984 e. The Morgan fingerprint density at radius 1 is 1.00 bits per heavy atom. The maximum absolute atomic E-state index is 3.87. The quantitative estimate of drug-likeness (QED) is 0.665. The predicted molar refractivity (Wildman–Crippen MR) is 78.2 cm³/mol. The molecule has 2 aromatic carbocycles. The lowest BCUT2D eigenvalue weighted by atomic mass is 9.93. The molecule has 0 N–H and O–H groups in total. The van der Waals surface area contributed by atoms with Gasteiger partial charge < -0.3 is 0 Å². The van der Waals surface area contributed by atoms with E-state index < -0.39 is 0 Å². The summed E-state index contributed by atoms with van der Waals surface area (Å²) in [6.45, 7) is 12.2. The Kier molecular flexibility index (Phi) is 3.14. The summed E-state index contributed by atoms with van der Waals surface area (Å²) in [5.41, 5.74) is 3.69. The minimum atomic E-state index is 0.533. The highest BCUT2D eigenvalue weighted by molar-refractivity contribution is 5.91. The molecule has 0 fully saturated rings. The highest BCUT2D eigenvalue weighted by atomic mass is 14.1. The number of hydrogen-bond acceptors (Lipinski definition) is 0. The molecule has 0 bridgehead atoms. The van der Waals surface area contributed by atoms with E-state index in [1.54, 1.807) is 0 Å². The summed E-state index contributed by atoms with van der Waals surface area (Å²) in [4.78, 5) is 0. The number of rotatable bonds is 3. The molecule has 0 atom stereocenters. The first-order chi connectivity index (χ1) is 8.17. The summed E-state index contributed by atoms with van der Waals surface area (Å²) >= 11 is 0. The first-order valence-electron chi connectivity index (χ1n) is 5.99. The Morgan fingerprint density at radius 3 is 2.24 bits per heavy atom. The number of benzene rings is 2. The highest BCUT2D eigenvalue weighted by Gasteiger charge is 2.06. The molecule has 0 aromatic heterocycles. The SMILES string of the molecule is C=Cc1cc2cccc(C(C)C)c2cc1C=C. The van der Waals surface area contributed by atoms with Crippen LogP contribution in [0.4, 0.5) is 0 Å². The van der Waals surface area contributed by atoms with Gasteiger partial charge in [0.2, 0.25) is 0 Å². The maximum atomic E-state index is 3.87. The zero-order valence-electron chi connectivity index (χ0n) is 10.5. The van der Waals surface area contributed by atoms with Crippen LogP contribution in [0.5, 0.6) is 0 Å². The molecule has 0 saturated carbocycles. The van der Waals surface area contributed by atoms with Gasteiger partial charge in [-0.15, -0.1) is 0 Å². The van der Waals surface area contributed by atoms with Crippen molar-refractivity contribution in [2.45, 2.75) is 19.8 Å². The van der Waals surface area contributed by atoms with Crippen molar-refractivity contribution in [3.63, 3.8) is 0 Å². The second-order valence-electron chi connectivity index (χ2n) is 4.61. The molecule has 2 aromatic rings. The number of fused-ring (bicyclic) bond motifs is 1. The molecule has 0 aliphatic rings. The van der Waals surface area contributed by atoms with E-state index in [0.29, 0.717) is 5.92 Å². The van der Waals surface area contributed by atoms with Gasteiger partial charge in [-0.2, -0.15) is 0 Å². The predicted octanol–water partition coefficient (Wildman–Crippen LogP) is 5.25. The first-order valence-corrected chi connectivity index (χ1v) is 5.99. The van der Waals surface area contributed by atoms with Gasteiger partial charge in [0.1, 0.15) is 0 Å². The molecule has 0 amide bonds. The van der Waals surface area contributed by atoms with Crippen LogP contribution >= 0.6 is 0 Å². The van der Waals surface area contributed by atoms with Crippen molar-refractivity contribution in [3.8, 4) is 0 Å². The van der Waals surface area contributed by atoms with Gasteiger partial charge in [0, 0.05) is 0 Å². The molecule has 0 aliphatic heterocycles. The normalized spacial score (nSPS) is 10.8. The second-order valence-corrected chi connectivity index (χ2v) is 4.61. The van der Waals surface area contributed by atoms with E-state index in [0.717, 1.165) is 11.1 Å². The Morgan fingerprint density at radius 2 is 1.65 bits per heavy atom. The summed E-state index contributed by atoms with van der Waals surface area (Å²) in [5.74, 6) is 0.533. The van der Waals surface area contributed by atoms with Crippen LogP contribution in [-0.2, 0) is 0 Å². The van der Waals surface area contributed by atoms with Crippen molar-refractivity contribution in [1.82, 2.24) is 0 Å². The second kappa shape index (κ2) is 4.58. The molecule has 0 saturated heterocycles. The molecule has 17 heavy (non-hydrogen) atoms. The van der Waals surface area contributed by atoms with Crippen LogP contribution in [0.15, 0.2) is 43.5 Å². The molecule has 0 aliphatic carbocycles. The third-order valence-corrected chi connectivity index (χ3v) is 3.18. The molecule has 0 heteroatoms. The molecule has 86 valence electrons. The summed E-state index contributed by atoms with van der Waals surface area (Å²) in [6, 6.07) is 10.9. The van der Waals surface area contributed by atoms with E-state index in [4.69, 9.17) is 0 Å². The molecule has 0 unspecified atom stereocenters. The van der Waals surface area contributed by atoms with Crippen molar-refractivity contribution in [1.29, 1.82) is 0 Å². The lowest BCUT2D eigenvalue weighted by molar-refractivity contribution is 0.876. The third-order valence-electron chi connectivity index (χ3n) is 3.18. The minimum absolute atomic E-state index is 0.533. The molecule has 0 spiro atoms.